The molecule has 0 saturated carbocycles. The van der Waals surface area contributed by atoms with E-state index >= 15 is 0 Å². The summed E-state index contributed by atoms with van der Waals surface area (Å²) in [7, 11) is 0. The molecule has 0 fully saturated rings. The van der Waals surface area contributed by atoms with Gasteiger partial charge in [-0.2, -0.15) is 0 Å². The lowest BCUT2D eigenvalue weighted by atomic mass is 9.96. The molecule has 17 heavy (non-hydrogen) atoms. The minimum absolute atomic E-state index is 0.866. The molecule has 0 spiro atoms. The van der Waals surface area contributed by atoms with Crippen LogP contribution in [0.2, 0.25) is 0 Å². The number of nitrogen functional groups attached to an aromatic ring is 1. The van der Waals surface area contributed by atoms with Crippen LogP contribution < -0.4 is 5.73 Å². The number of hydrogen-bond acceptors (Lipinski definition) is 1. The Hall–Kier alpha value is -1.76. The van der Waals surface area contributed by atoms with Gasteiger partial charge in [0.15, 0.2) is 0 Å². The van der Waals surface area contributed by atoms with Crippen LogP contribution in [0, 0.1) is 0 Å². The van der Waals surface area contributed by atoms with Crippen LogP contribution in [0.1, 0.15) is 30.0 Å². The highest BCUT2D eigenvalue weighted by Gasteiger charge is 2.03. The highest BCUT2D eigenvalue weighted by atomic mass is 14.5. The Bertz CT molecular complexity index is 474. The van der Waals surface area contributed by atoms with Crippen molar-refractivity contribution < 1.29 is 0 Å². The Morgan fingerprint density at radius 2 is 1.71 bits per heavy atom. The summed E-state index contributed by atoms with van der Waals surface area (Å²) in [6.45, 7) is 2.20. The summed E-state index contributed by atoms with van der Waals surface area (Å²) in [5, 5.41) is 0. The quantitative estimate of drug-likeness (QED) is 0.787. The van der Waals surface area contributed by atoms with Crippen LogP contribution in [0.25, 0.3) is 0 Å². The van der Waals surface area contributed by atoms with Gasteiger partial charge in [-0.15, -0.1) is 0 Å². The molecule has 1 heteroatoms. The third-order valence-corrected chi connectivity index (χ3v) is 2.99. The van der Waals surface area contributed by atoms with E-state index in [1.54, 1.807) is 0 Å². The normalized spacial score (nSPS) is 10.4. The maximum atomic E-state index is 5.85. The number of nitrogens with two attached hydrogens (primary N) is 1. The van der Waals surface area contributed by atoms with Gasteiger partial charge in [0.1, 0.15) is 0 Å². The largest absolute Gasteiger partial charge is 0.399 e. The van der Waals surface area contributed by atoms with E-state index in [4.69, 9.17) is 5.73 Å². The van der Waals surface area contributed by atoms with Crippen LogP contribution in [0.15, 0.2) is 48.5 Å². The molecule has 0 amide bonds. The first-order valence-corrected chi connectivity index (χ1v) is 6.21. The average Bonchev–Trinajstić information content (AvgIpc) is 2.34. The second-order valence-corrected chi connectivity index (χ2v) is 4.44. The summed E-state index contributed by atoms with van der Waals surface area (Å²) in [6.07, 6.45) is 3.26. The second-order valence-electron chi connectivity index (χ2n) is 4.44. The zero-order valence-corrected chi connectivity index (χ0v) is 10.3. The van der Waals surface area contributed by atoms with Gasteiger partial charge in [-0.05, 0) is 41.7 Å². The minimum Gasteiger partial charge on any atom is -0.399 e. The van der Waals surface area contributed by atoms with Gasteiger partial charge in [0.25, 0.3) is 0 Å². The van der Waals surface area contributed by atoms with E-state index in [1.165, 1.54) is 16.7 Å². The standard InChI is InChI=1S/C16H19N/c1-2-6-14-12-16(17)10-9-15(14)11-13-7-4-3-5-8-13/h3-5,7-10,12H,2,6,11,17H2,1H3. The lowest BCUT2D eigenvalue weighted by Gasteiger charge is -2.10. The Balaban J connectivity index is 2.26. The van der Waals surface area contributed by atoms with E-state index in [9.17, 15) is 0 Å². The topological polar surface area (TPSA) is 26.0 Å². The molecule has 2 aromatic rings. The summed E-state index contributed by atoms with van der Waals surface area (Å²) >= 11 is 0. The van der Waals surface area contributed by atoms with Crippen molar-refractivity contribution in [2.45, 2.75) is 26.2 Å². The fourth-order valence-electron chi connectivity index (χ4n) is 2.14. The summed E-state index contributed by atoms with van der Waals surface area (Å²) in [5.41, 5.74) is 10.9. The maximum Gasteiger partial charge on any atom is 0.0316 e. The number of benzene rings is 2. The number of rotatable bonds is 4. The van der Waals surface area contributed by atoms with Gasteiger partial charge in [0, 0.05) is 5.69 Å². The van der Waals surface area contributed by atoms with Crippen molar-refractivity contribution in [2.75, 3.05) is 5.73 Å². The van der Waals surface area contributed by atoms with E-state index in [0.717, 1.165) is 24.9 Å². The van der Waals surface area contributed by atoms with Crippen molar-refractivity contribution >= 4 is 5.69 Å². The van der Waals surface area contributed by atoms with Crippen molar-refractivity contribution in [3.63, 3.8) is 0 Å². The molecule has 1 nitrogen and oxygen atoms in total. The molecule has 0 heterocycles. The number of aryl methyl sites for hydroxylation is 1. The summed E-state index contributed by atoms with van der Waals surface area (Å²) < 4.78 is 0. The lowest BCUT2D eigenvalue weighted by molar-refractivity contribution is 0.904. The minimum atomic E-state index is 0.866. The third kappa shape index (κ3) is 3.10. The van der Waals surface area contributed by atoms with Crippen LogP contribution in [0.3, 0.4) is 0 Å². The molecule has 0 aliphatic carbocycles. The summed E-state index contributed by atoms with van der Waals surface area (Å²) in [5.74, 6) is 0. The Labute approximate surface area is 103 Å². The van der Waals surface area contributed by atoms with Crippen LogP contribution in [-0.4, -0.2) is 0 Å². The SMILES string of the molecule is CCCc1cc(N)ccc1Cc1ccccc1. The van der Waals surface area contributed by atoms with Gasteiger partial charge in [-0.25, -0.2) is 0 Å². The molecule has 0 aromatic heterocycles. The van der Waals surface area contributed by atoms with Gasteiger partial charge in [0.2, 0.25) is 0 Å². The first kappa shape index (κ1) is 11.7. The highest BCUT2D eigenvalue weighted by molar-refractivity contribution is 5.46. The van der Waals surface area contributed by atoms with Crippen molar-refractivity contribution in [1.29, 1.82) is 0 Å². The zero-order valence-electron chi connectivity index (χ0n) is 10.3. The molecule has 0 aliphatic heterocycles. The van der Waals surface area contributed by atoms with E-state index < -0.39 is 0 Å². The second kappa shape index (κ2) is 5.53. The van der Waals surface area contributed by atoms with E-state index in [1.807, 2.05) is 6.07 Å². The smallest absolute Gasteiger partial charge is 0.0316 e. The first-order valence-electron chi connectivity index (χ1n) is 6.21. The van der Waals surface area contributed by atoms with Crippen LogP contribution >= 0.6 is 0 Å². The van der Waals surface area contributed by atoms with Gasteiger partial charge >= 0.3 is 0 Å². The predicted octanol–water partition coefficient (Wildman–Crippen LogP) is 3.81. The first-order chi connectivity index (χ1) is 8.29. The summed E-state index contributed by atoms with van der Waals surface area (Å²) in [4.78, 5) is 0. The third-order valence-electron chi connectivity index (χ3n) is 2.99. The Morgan fingerprint density at radius 1 is 0.941 bits per heavy atom. The van der Waals surface area contributed by atoms with Crippen molar-refractivity contribution in [3.05, 3.63) is 65.2 Å². The van der Waals surface area contributed by atoms with E-state index in [2.05, 4.69) is 49.4 Å². The van der Waals surface area contributed by atoms with Crippen LogP contribution in [-0.2, 0) is 12.8 Å². The van der Waals surface area contributed by atoms with Gasteiger partial charge < -0.3 is 5.73 Å². The zero-order chi connectivity index (χ0) is 12.1. The highest BCUT2D eigenvalue weighted by Crippen LogP contribution is 2.19. The molecule has 0 aliphatic rings. The molecular formula is C16H19N. The Kier molecular flexibility index (Phi) is 3.81. The van der Waals surface area contributed by atoms with Crippen molar-refractivity contribution in [1.82, 2.24) is 0 Å². The lowest BCUT2D eigenvalue weighted by Crippen LogP contribution is -1.97. The molecule has 0 radical (unpaired) electrons. The predicted molar refractivity (Wildman–Crippen MR) is 74.1 cm³/mol. The number of anilines is 1. The molecule has 0 atom stereocenters. The fourth-order valence-corrected chi connectivity index (χ4v) is 2.14. The Morgan fingerprint density at radius 3 is 2.41 bits per heavy atom. The van der Waals surface area contributed by atoms with Crippen LogP contribution in [0.4, 0.5) is 5.69 Å². The van der Waals surface area contributed by atoms with Crippen LogP contribution in [0.5, 0.6) is 0 Å². The molecule has 0 bridgehead atoms. The fraction of sp³-hybridized carbons (Fsp3) is 0.250. The average molecular weight is 225 g/mol. The van der Waals surface area contributed by atoms with Gasteiger partial charge in [0.05, 0.1) is 0 Å². The number of hydrogen-bond donors (Lipinski definition) is 1. The monoisotopic (exact) mass is 225 g/mol. The van der Waals surface area contributed by atoms with Gasteiger partial charge in [-0.1, -0.05) is 49.7 Å². The molecule has 2 rings (SSSR count). The molecule has 0 unspecified atom stereocenters. The van der Waals surface area contributed by atoms with Crippen molar-refractivity contribution in [3.8, 4) is 0 Å². The maximum absolute atomic E-state index is 5.85. The van der Waals surface area contributed by atoms with E-state index in [-0.39, 0.29) is 0 Å². The van der Waals surface area contributed by atoms with E-state index in [0.29, 0.717) is 0 Å². The van der Waals surface area contributed by atoms with Crippen molar-refractivity contribution in [2.24, 2.45) is 0 Å². The molecular weight excluding hydrogens is 206 g/mol. The molecule has 0 saturated heterocycles. The molecule has 2 N–H and O–H groups in total. The molecule has 2 aromatic carbocycles. The molecule has 88 valence electrons. The van der Waals surface area contributed by atoms with Gasteiger partial charge in [-0.3, -0.25) is 0 Å². The summed E-state index contributed by atoms with van der Waals surface area (Å²) in [6, 6.07) is 16.8.